The van der Waals surface area contributed by atoms with Gasteiger partial charge in [0.2, 0.25) is 0 Å². The summed E-state index contributed by atoms with van der Waals surface area (Å²) < 4.78 is 0. The van der Waals surface area contributed by atoms with Crippen LogP contribution in [-0.2, 0) is 6.54 Å². The van der Waals surface area contributed by atoms with Crippen LogP contribution in [-0.4, -0.2) is 17.0 Å². The van der Waals surface area contributed by atoms with Crippen molar-refractivity contribution in [1.82, 2.24) is 4.90 Å². The maximum absolute atomic E-state index is 6.36. The molecule has 0 radical (unpaired) electrons. The quantitative estimate of drug-likeness (QED) is 0.868. The van der Waals surface area contributed by atoms with Crippen LogP contribution < -0.4 is 5.73 Å². The normalized spacial score (nSPS) is 18.4. The summed E-state index contributed by atoms with van der Waals surface area (Å²) in [6, 6.07) is 5.67. The van der Waals surface area contributed by atoms with Gasteiger partial charge in [-0.05, 0) is 66.1 Å². The maximum Gasteiger partial charge on any atom is 0.0598 e. The van der Waals surface area contributed by atoms with Crippen LogP contribution in [0.2, 0.25) is 0 Å². The second kappa shape index (κ2) is 5.98. The van der Waals surface area contributed by atoms with E-state index in [0.717, 1.165) is 6.54 Å². The summed E-state index contributed by atoms with van der Waals surface area (Å²) in [4.78, 5) is 4.08. The number of thiophene rings is 2. The second-order valence-electron chi connectivity index (χ2n) is 5.81. The molecule has 2 N–H and O–H groups in total. The number of nitrogens with zero attached hydrogens (tertiary/aromatic N) is 1. The summed E-state index contributed by atoms with van der Waals surface area (Å²) in [5, 5.41) is 6.61. The topological polar surface area (TPSA) is 29.3 Å². The average Bonchev–Trinajstić information content (AvgIpc) is 2.97. The van der Waals surface area contributed by atoms with Crippen molar-refractivity contribution in [2.45, 2.75) is 51.4 Å². The van der Waals surface area contributed by atoms with Gasteiger partial charge in [-0.1, -0.05) is 0 Å². The molecule has 1 aliphatic carbocycles. The Labute approximate surface area is 129 Å². The Balaban J connectivity index is 1.88. The van der Waals surface area contributed by atoms with Gasteiger partial charge in [0.15, 0.2) is 0 Å². The molecule has 1 saturated carbocycles. The molecule has 1 fully saturated rings. The van der Waals surface area contributed by atoms with Gasteiger partial charge in [-0.25, -0.2) is 0 Å². The first-order valence-electron chi connectivity index (χ1n) is 7.23. The SMILES string of the molecule is Cc1ccsc1C(C(C)N)N(Cc1ccsc1)C1CC1. The van der Waals surface area contributed by atoms with Crippen LogP contribution in [0.3, 0.4) is 0 Å². The molecular weight excluding hydrogens is 284 g/mol. The van der Waals surface area contributed by atoms with Crippen LogP contribution in [0.5, 0.6) is 0 Å². The molecular formula is C16H22N2S2. The van der Waals surface area contributed by atoms with Crippen molar-refractivity contribution in [2.75, 3.05) is 0 Å². The number of aryl methyl sites for hydroxylation is 1. The Morgan fingerprint density at radius 1 is 1.35 bits per heavy atom. The molecule has 108 valence electrons. The summed E-state index contributed by atoms with van der Waals surface area (Å²) in [7, 11) is 0. The Hall–Kier alpha value is -0.680. The molecule has 0 bridgehead atoms. The van der Waals surface area contributed by atoms with E-state index in [4.69, 9.17) is 5.73 Å². The fourth-order valence-electron chi connectivity index (χ4n) is 2.83. The molecule has 0 amide bonds. The molecule has 2 aromatic heterocycles. The smallest absolute Gasteiger partial charge is 0.0598 e. The van der Waals surface area contributed by atoms with Crippen molar-refractivity contribution in [3.05, 3.63) is 44.3 Å². The van der Waals surface area contributed by atoms with Crippen LogP contribution in [0, 0.1) is 6.92 Å². The van der Waals surface area contributed by atoms with E-state index in [2.05, 4.69) is 47.0 Å². The van der Waals surface area contributed by atoms with Gasteiger partial charge in [0.25, 0.3) is 0 Å². The van der Waals surface area contributed by atoms with Gasteiger partial charge >= 0.3 is 0 Å². The zero-order chi connectivity index (χ0) is 14.1. The lowest BCUT2D eigenvalue weighted by atomic mass is 10.0. The molecule has 0 spiro atoms. The highest BCUT2D eigenvalue weighted by atomic mass is 32.1. The van der Waals surface area contributed by atoms with Crippen molar-refractivity contribution in [2.24, 2.45) is 5.73 Å². The van der Waals surface area contributed by atoms with E-state index in [1.807, 2.05) is 11.3 Å². The van der Waals surface area contributed by atoms with Crippen LogP contribution in [0.25, 0.3) is 0 Å². The minimum Gasteiger partial charge on any atom is -0.326 e. The summed E-state index contributed by atoms with van der Waals surface area (Å²) in [6.07, 6.45) is 2.63. The summed E-state index contributed by atoms with van der Waals surface area (Å²) >= 11 is 3.63. The van der Waals surface area contributed by atoms with E-state index in [1.165, 1.54) is 28.8 Å². The first-order valence-corrected chi connectivity index (χ1v) is 9.05. The zero-order valence-corrected chi connectivity index (χ0v) is 13.7. The van der Waals surface area contributed by atoms with Gasteiger partial charge < -0.3 is 5.73 Å². The Morgan fingerprint density at radius 3 is 2.65 bits per heavy atom. The van der Waals surface area contributed by atoms with Crippen molar-refractivity contribution < 1.29 is 0 Å². The van der Waals surface area contributed by atoms with Crippen molar-refractivity contribution in [1.29, 1.82) is 0 Å². The van der Waals surface area contributed by atoms with Gasteiger partial charge in [0, 0.05) is 23.5 Å². The molecule has 3 rings (SSSR count). The van der Waals surface area contributed by atoms with E-state index < -0.39 is 0 Å². The first-order chi connectivity index (χ1) is 9.66. The minimum absolute atomic E-state index is 0.159. The lowest BCUT2D eigenvalue weighted by Gasteiger charge is -2.34. The van der Waals surface area contributed by atoms with Crippen LogP contribution in [0.1, 0.15) is 41.8 Å². The first kappa shape index (κ1) is 14.3. The lowest BCUT2D eigenvalue weighted by Crippen LogP contribution is -2.40. The molecule has 2 heterocycles. The molecule has 0 aliphatic heterocycles. The predicted octanol–water partition coefficient (Wildman–Crippen LogP) is 4.17. The predicted molar refractivity (Wildman–Crippen MR) is 88.3 cm³/mol. The van der Waals surface area contributed by atoms with Gasteiger partial charge in [0.1, 0.15) is 0 Å². The summed E-state index contributed by atoms with van der Waals surface area (Å²) in [5.41, 5.74) is 9.16. The molecule has 4 heteroatoms. The molecule has 2 aromatic rings. The Kier molecular flexibility index (Phi) is 4.26. The highest BCUT2D eigenvalue weighted by molar-refractivity contribution is 7.10. The number of nitrogens with two attached hydrogens (primary N) is 1. The number of rotatable bonds is 6. The van der Waals surface area contributed by atoms with E-state index in [9.17, 15) is 0 Å². The molecule has 2 atom stereocenters. The van der Waals surface area contributed by atoms with Gasteiger partial charge in [-0.2, -0.15) is 11.3 Å². The monoisotopic (exact) mass is 306 g/mol. The van der Waals surface area contributed by atoms with E-state index in [0.29, 0.717) is 12.1 Å². The third kappa shape index (κ3) is 2.98. The van der Waals surface area contributed by atoms with Crippen LogP contribution in [0.15, 0.2) is 28.3 Å². The lowest BCUT2D eigenvalue weighted by molar-refractivity contribution is 0.160. The number of hydrogen-bond donors (Lipinski definition) is 1. The van der Waals surface area contributed by atoms with Gasteiger partial charge in [-0.3, -0.25) is 4.90 Å². The van der Waals surface area contributed by atoms with E-state index in [1.54, 1.807) is 11.3 Å². The fraction of sp³-hybridized carbons (Fsp3) is 0.500. The second-order valence-corrected chi connectivity index (χ2v) is 7.53. The molecule has 20 heavy (non-hydrogen) atoms. The zero-order valence-electron chi connectivity index (χ0n) is 12.1. The molecule has 2 nitrogen and oxygen atoms in total. The van der Waals surface area contributed by atoms with E-state index >= 15 is 0 Å². The fourth-order valence-corrected chi connectivity index (χ4v) is 4.66. The minimum atomic E-state index is 0.159. The molecule has 0 aromatic carbocycles. The Bertz CT molecular complexity index is 541. The highest BCUT2D eigenvalue weighted by Crippen LogP contribution is 2.39. The highest BCUT2D eigenvalue weighted by Gasteiger charge is 2.37. The average molecular weight is 307 g/mol. The maximum atomic E-state index is 6.36. The van der Waals surface area contributed by atoms with Crippen LogP contribution in [0.4, 0.5) is 0 Å². The third-order valence-corrected chi connectivity index (χ3v) is 5.81. The standard InChI is InChI=1S/C16H22N2S2/c1-11-5-8-20-16(11)15(12(2)17)18(14-3-4-14)9-13-6-7-19-10-13/h5-8,10,12,14-15H,3-4,9,17H2,1-2H3. The third-order valence-electron chi connectivity index (χ3n) is 3.99. The van der Waals surface area contributed by atoms with Crippen molar-refractivity contribution >= 4 is 22.7 Å². The van der Waals surface area contributed by atoms with Crippen LogP contribution >= 0.6 is 22.7 Å². The summed E-state index contributed by atoms with van der Waals surface area (Å²) in [6.45, 7) is 5.38. The largest absolute Gasteiger partial charge is 0.326 e. The van der Waals surface area contributed by atoms with Gasteiger partial charge in [-0.15, -0.1) is 11.3 Å². The molecule has 1 aliphatic rings. The van der Waals surface area contributed by atoms with E-state index in [-0.39, 0.29) is 6.04 Å². The van der Waals surface area contributed by atoms with Crippen molar-refractivity contribution in [3.63, 3.8) is 0 Å². The molecule has 2 unspecified atom stereocenters. The Morgan fingerprint density at radius 2 is 2.15 bits per heavy atom. The molecule has 0 saturated heterocycles. The summed E-state index contributed by atoms with van der Waals surface area (Å²) in [5.74, 6) is 0. The van der Waals surface area contributed by atoms with Crippen molar-refractivity contribution in [3.8, 4) is 0 Å². The number of hydrogen-bond acceptors (Lipinski definition) is 4. The van der Waals surface area contributed by atoms with Gasteiger partial charge in [0.05, 0.1) is 6.04 Å².